The number of ether oxygens (including phenoxy) is 1. The van der Waals surface area contributed by atoms with Crippen LogP contribution in [0.5, 0.6) is 0 Å². The van der Waals surface area contributed by atoms with Crippen molar-refractivity contribution in [1.29, 1.82) is 0 Å². The van der Waals surface area contributed by atoms with Crippen LogP contribution in [-0.4, -0.2) is 40.0 Å². The zero-order valence-corrected chi connectivity index (χ0v) is 17.5. The van der Waals surface area contributed by atoms with Gasteiger partial charge in [-0.3, -0.25) is 0 Å². The Labute approximate surface area is 166 Å². The quantitative estimate of drug-likeness (QED) is 0.223. The smallest absolute Gasteiger partial charge is 0.334 e. The highest BCUT2D eigenvalue weighted by Crippen LogP contribution is 2.27. The van der Waals surface area contributed by atoms with Gasteiger partial charge in [0.25, 0.3) is 0 Å². The van der Waals surface area contributed by atoms with Gasteiger partial charge in [0, 0.05) is 23.3 Å². The summed E-state index contributed by atoms with van der Waals surface area (Å²) in [6.45, 7) is 9.71. The maximum atomic E-state index is 12.2. The molecular weight excluding hydrogens is 362 g/mol. The summed E-state index contributed by atoms with van der Waals surface area (Å²) in [5.74, 6) is -0.493. The maximum absolute atomic E-state index is 12.2. The lowest BCUT2D eigenvalue weighted by molar-refractivity contribution is -0.138. The molecule has 0 unspecified atom stereocenters. The highest BCUT2D eigenvalue weighted by atomic mass is 32.1. The fraction of sp³-hybridized carbons (Fsp3) is 0.619. The molecule has 1 rings (SSSR count). The number of carbonyl (C=O) groups is 1. The Morgan fingerprint density at radius 3 is 2.70 bits per heavy atom. The Morgan fingerprint density at radius 1 is 1.33 bits per heavy atom. The van der Waals surface area contributed by atoms with Crippen molar-refractivity contribution in [2.75, 3.05) is 6.61 Å². The summed E-state index contributed by atoms with van der Waals surface area (Å²) >= 11 is 1.44. The number of aliphatic hydroxyl groups excluding tert-OH is 2. The summed E-state index contributed by atoms with van der Waals surface area (Å²) < 4.78 is 5.17. The fourth-order valence-corrected chi connectivity index (χ4v) is 3.56. The molecule has 5 nitrogen and oxygen atoms in total. The molecule has 152 valence electrons. The maximum Gasteiger partial charge on any atom is 0.334 e. The van der Waals surface area contributed by atoms with Crippen molar-refractivity contribution >= 4 is 23.4 Å². The van der Waals surface area contributed by atoms with Crippen LogP contribution in [0.1, 0.15) is 75.9 Å². The summed E-state index contributed by atoms with van der Waals surface area (Å²) in [6, 6.07) is 0. The lowest BCUT2D eigenvalue weighted by atomic mass is 10.00. The second-order valence-electron chi connectivity index (χ2n) is 6.71. The molecule has 1 heterocycles. The molecule has 0 aromatic carbocycles. The molecule has 0 aliphatic heterocycles. The summed E-state index contributed by atoms with van der Waals surface area (Å²) in [5.41, 5.74) is 1.34. The monoisotopic (exact) mass is 395 g/mol. The van der Waals surface area contributed by atoms with Gasteiger partial charge in [0.15, 0.2) is 0 Å². The standard InChI is InChI=1S/C21H33NO4S/c1-5-8-9-10-11-16(21(25)26-7-3)12-17-14-27-20(22-17)15(4)19(24)13-18(23)6-2/h6,12,14-15,18-19,23-24H,2,5,7-11,13H2,1,3-4H3/b16-12+/t15-,18-,19+/m1/s1. The second-order valence-corrected chi connectivity index (χ2v) is 7.60. The highest BCUT2D eigenvalue weighted by Gasteiger charge is 2.21. The predicted octanol–water partition coefficient (Wildman–Crippen LogP) is 4.46. The molecule has 0 spiro atoms. The van der Waals surface area contributed by atoms with E-state index >= 15 is 0 Å². The number of hydrogen-bond donors (Lipinski definition) is 2. The first kappa shape index (κ1) is 23.5. The van der Waals surface area contributed by atoms with Gasteiger partial charge in [0.1, 0.15) is 0 Å². The number of carbonyl (C=O) groups excluding carboxylic acids is 1. The van der Waals surface area contributed by atoms with Crippen molar-refractivity contribution in [2.45, 2.75) is 77.4 Å². The third-order valence-electron chi connectivity index (χ3n) is 4.42. The summed E-state index contributed by atoms with van der Waals surface area (Å²) in [4.78, 5) is 16.8. The van der Waals surface area contributed by atoms with E-state index in [-0.39, 0.29) is 18.3 Å². The van der Waals surface area contributed by atoms with Crippen molar-refractivity contribution in [1.82, 2.24) is 4.98 Å². The van der Waals surface area contributed by atoms with Gasteiger partial charge < -0.3 is 14.9 Å². The lowest BCUT2D eigenvalue weighted by Crippen LogP contribution is -2.21. The highest BCUT2D eigenvalue weighted by molar-refractivity contribution is 7.09. The van der Waals surface area contributed by atoms with Gasteiger partial charge in [-0.1, -0.05) is 39.2 Å². The van der Waals surface area contributed by atoms with Crippen molar-refractivity contribution in [3.05, 3.63) is 34.3 Å². The van der Waals surface area contributed by atoms with Crippen LogP contribution in [0.2, 0.25) is 0 Å². The van der Waals surface area contributed by atoms with Crippen LogP contribution < -0.4 is 0 Å². The Kier molecular flexibility index (Phi) is 11.2. The SMILES string of the molecule is C=C[C@@H](O)C[C@H](O)[C@@H](C)c1nc(/C=C(\CCCCCC)C(=O)OCC)cs1. The Bertz CT molecular complexity index is 611. The van der Waals surface area contributed by atoms with Crippen molar-refractivity contribution < 1.29 is 19.7 Å². The summed E-state index contributed by atoms with van der Waals surface area (Å²) in [6.07, 6.45) is 7.00. The zero-order valence-electron chi connectivity index (χ0n) is 16.7. The van der Waals surface area contributed by atoms with E-state index in [4.69, 9.17) is 4.74 Å². The molecule has 1 aromatic rings. The number of thiazole rings is 1. The molecule has 0 saturated carbocycles. The van der Waals surface area contributed by atoms with Gasteiger partial charge in [-0.05, 0) is 25.8 Å². The first-order valence-corrected chi connectivity index (χ1v) is 10.6. The summed E-state index contributed by atoms with van der Waals surface area (Å²) in [7, 11) is 0. The minimum Gasteiger partial charge on any atom is -0.463 e. The van der Waals surface area contributed by atoms with E-state index < -0.39 is 12.2 Å². The van der Waals surface area contributed by atoms with Crippen LogP contribution in [0.25, 0.3) is 6.08 Å². The minimum absolute atomic E-state index is 0.206. The third kappa shape index (κ3) is 8.37. The molecule has 0 bridgehead atoms. The van der Waals surface area contributed by atoms with Gasteiger partial charge in [0.2, 0.25) is 0 Å². The third-order valence-corrected chi connectivity index (χ3v) is 5.48. The number of hydrogen-bond acceptors (Lipinski definition) is 6. The van der Waals surface area contributed by atoms with Crippen molar-refractivity contribution in [2.24, 2.45) is 0 Å². The number of rotatable bonds is 13. The first-order chi connectivity index (χ1) is 12.9. The molecule has 6 heteroatoms. The van der Waals surface area contributed by atoms with E-state index in [1.54, 1.807) is 13.0 Å². The Balaban J connectivity index is 2.85. The van der Waals surface area contributed by atoms with E-state index in [0.717, 1.165) is 30.7 Å². The molecule has 0 saturated heterocycles. The number of aromatic nitrogens is 1. The van der Waals surface area contributed by atoms with Gasteiger partial charge in [-0.25, -0.2) is 9.78 Å². The normalized spacial score (nSPS) is 15.2. The molecule has 2 N–H and O–H groups in total. The topological polar surface area (TPSA) is 79.7 Å². The fourth-order valence-electron chi connectivity index (χ4n) is 2.67. The van der Waals surface area contributed by atoms with E-state index in [2.05, 4.69) is 18.5 Å². The van der Waals surface area contributed by atoms with Crippen molar-refractivity contribution in [3.63, 3.8) is 0 Å². The van der Waals surface area contributed by atoms with E-state index in [9.17, 15) is 15.0 Å². The molecule has 1 aromatic heterocycles. The van der Waals surface area contributed by atoms with E-state index in [1.807, 2.05) is 12.3 Å². The van der Waals surface area contributed by atoms with Gasteiger partial charge in [-0.2, -0.15) is 0 Å². The molecule has 0 amide bonds. The Hall–Kier alpha value is -1.50. The largest absolute Gasteiger partial charge is 0.463 e. The van der Waals surface area contributed by atoms with Crippen molar-refractivity contribution in [3.8, 4) is 0 Å². The number of aliphatic hydroxyl groups is 2. The van der Waals surface area contributed by atoms with Gasteiger partial charge in [0.05, 0.1) is 29.5 Å². The zero-order chi connectivity index (χ0) is 20.2. The van der Waals surface area contributed by atoms with Crippen LogP contribution in [0.15, 0.2) is 23.6 Å². The number of nitrogens with zero attached hydrogens (tertiary/aromatic N) is 1. The molecule has 0 radical (unpaired) electrons. The van der Waals surface area contributed by atoms with Crippen LogP contribution in [0, 0.1) is 0 Å². The van der Waals surface area contributed by atoms with Crippen LogP contribution in [0.4, 0.5) is 0 Å². The van der Waals surface area contributed by atoms with Crippen LogP contribution in [0.3, 0.4) is 0 Å². The molecule has 0 aliphatic rings. The van der Waals surface area contributed by atoms with Gasteiger partial charge in [-0.15, -0.1) is 17.9 Å². The molecule has 0 fully saturated rings. The first-order valence-electron chi connectivity index (χ1n) is 9.74. The summed E-state index contributed by atoms with van der Waals surface area (Å²) in [5, 5.41) is 22.5. The Morgan fingerprint density at radius 2 is 2.07 bits per heavy atom. The van der Waals surface area contributed by atoms with Crippen LogP contribution in [-0.2, 0) is 9.53 Å². The van der Waals surface area contributed by atoms with E-state index in [1.165, 1.54) is 17.4 Å². The number of esters is 1. The molecule has 27 heavy (non-hydrogen) atoms. The lowest BCUT2D eigenvalue weighted by Gasteiger charge is -2.18. The number of unbranched alkanes of at least 4 members (excludes halogenated alkanes) is 3. The van der Waals surface area contributed by atoms with Crippen LogP contribution >= 0.6 is 11.3 Å². The molecule has 3 atom stereocenters. The van der Waals surface area contributed by atoms with E-state index in [0.29, 0.717) is 24.3 Å². The average Bonchev–Trinajstić information content (AvgIpc) is 3.12. The molecule has 0 aliphatic carbocycles. The van der Waals surface area contributed by atoms with Gasteiger partial charge >= 0.3 is 5.97 Å². The second kappa shape index (κ2) is 12.8. The average molecular weight is 396 g/mol. The predicted molar refractivity (Wildman–Crippen MR) is 111 cm³/mol. The minimum atomic E-state index is -0.736. The molecular formula is C21H33NO4S.